The Morgan fingerprint density at radius 1 is 1.00 bits per heavy atom. The van der Waals surface area contributed by atoms with Gasteiger partial charge in [-0.25, -0.2) is 0 Å². The van der Waals surface area contributed by atoms with E-state index >= 15 is 0 Å². The predicted molar refractivity (Wildman–Crippen MR) is 91.2 cm³/mol. The number of hydrogen-bond donors (Lipinski definition) is 0. The van der Waals surface area contributed by atoms with Crippen LogP contribution in [0.5, 0.6) is 0 Å². The van der Waals surface area contributed by atoms with E-state index in [1.807, 2.05) is 27.7 Å². The lowest BCUT2D eigenvalue weighted by atomic mass is 9.66. The molecule has 0 amide bonds. The topological polar surface area (TPSA) is 35.5 Å². The number of alkyl halides is 3. The number of hydrogen-bond acceptors (Lipinski definition) is 3. The monoisotopic (exact) mass is 356 g/mol. The van der Waals surface area contributed by atoms with Crippen LogP contribution < -0.4 is 5.46 Å². The minimum Gasteiger partial charge on any atom is -0.399 e. The van der Waals surface area contributed by atoms with Crippen LogP contribution in [0.1, 0.15) is 70.0 Å². The zero-order valence-corrected chi connectivity index (χ0v) is 15.7. The molecule has 0 atom stereocenters. The van der Waals surface area contributed by atoms with Gasteiger partial charge in [0, 0.05) is 5.56 Å². The molecule has 7 heteroatoms. The molecule has 1 aliphatic heterocycles. The quantitative estimate of drug-likeness (QED) is 0.591. The molecule has 0 aromatic heterocycles. The van der Waals surface area contributed by atoms with Crippen molar-refractivity contribution in [3.63, 3.8) is 0 Å². The van der Waals surface area contributed by atoms with Gasteiger partial charge in [0.2, 0.25) is 0 Å². The first kappa shape index (κ1) is 20.0. The highest BCUT2D eigenvalue weighted by atomic mass is 19.4. The van der Waals surface area contributed by atoms with Crippen molar-refractivity contribution in [2.45, 2.75) is 71.3 Å². The van der Waals surface area contributed by atoms with Gasteiger partial charge in [-0.1, -0.05) is 26.8 Å². The van der Waals surface area contributed by atoms with Gasteiger partial charge in [-0.05, 0) is 50.2 Å². The Hall–Kier alpha value is -1.34. The summed E-state index contributed by atoms with van der Waals surface area (Å²) in [5.41, 5.74) is -2.73. The van der Waals surface area contributed by atoms with Crippen molar-refractivity contribution >= 4 is 18.9 Å². The van der Waals surface area contributed by atoms with Crippen molar-refractivity contribution in [1.29, 1.82) is 0 Å². The van der Waals surface area contributed by atoms with Crippen molar-refractivity contribution < 1.29 is 27.3 Å². The van der Waals surface area contributed by atoms with Gasteiger partial charge >= 0.3 is 13.3 Å². The van der Waals surface area contributed by atoms with E-state index in [9.17, 15) is 18.0 Å². The molecule has 1 fully saturated rings. The molecule has 3 nitrogen and oxygen atoms in total. The summed E-state index contributed by atoms with van der Waals surface area (Å²) in [5.74, 6) is 0. The van der Waals surface area contributed by atoms with E-state index in [0.29, 0.717) is 6.29 Å². The highest BCUT2D eigenvalue weighted by Gasteiger charge is 2.54. The molecular weight excluding hydrogens is 332 g/mol. The molecule has 1 aromatic carbocycles. The third kappa shape index (κ3) is 3.49. The summed E-state index contributed by atoms with van der Waals surface area (Å²) >= 11 is 0. The Labute approximate surface area is 147 Å². The summed E-state index contributed by atoms with van der Waals surface area (Å²) in [6, 6.07) is 2.14. The zero-order chi connectivity index (χ0) is 19.4. The second kappa shape index (κ2) is 5.84. The molecule has 25 heavy (non-hydrogen) atoms. The third-order valence-electron chi connectivity index (χ3n) is 4.95. The Kier molecular flexibility index (Phi) is 4.67. The fourth-order valence-electron chi connectivity index (χ4n) is 3.00. The number of rotatable bonds is 2. The Morgan fingerprint density at radius 3 is 1.84 bits per heavy atom. The molecule has 0 unspecified atom stereocenters. The minimum atomic E-state index is -4.54. The molecule has 0 aliphatic carbocycles. The summed E-state index contributed by atoms with van der Waals surface area (Å²) < 4.78 is 52.7. The first-order valence-corrected chi connectivity index (χ1v) is 8.17. The largest absolute Gasteiger partial charge is 0.495 e. The smallest absolute Gasteiger partial charge is 0.399 e. The summed E-state index contributed by atoms with van der Waals surface area (Å²) in [6.07, 6.45) is -3.99. The summed E-state index contributed by atoms with van der Waals surface area (Å²) in [5, 5.41) is 0. The Morgan fingerprint density at radius 2 is 1.48 bits per heavy atom. The molecule has 138 valence electrons. The van der Waals surface area contributed by atoms with E-state index in [0.717, 1.165) is 6.07 Å². The SMILES string of the molecule is CC(C)(C)c1c(C(F)(F)F)ccc(C=O)c1B1OC(C)(C)C(C)(C)O1. The number of carbonyl (C=O) groups excluding carboxylic acids is 1. The average Bonchev–Trinajstić information content (AvgIpc) is 2.63. The van der Waals surface area contributed by atoms with Crippen molar-refractivity contribution in [1.82, 2.24) is 0 Å². The molecule has 0 radical (unpaired) electrons. The molecule has 2 rings (SSSR count). The second-order valence-corrected chi connectivity index (χ2v) is 8.44. The zero-order valence-electron chi connectivity index (χ0n) is 15.7. The highest BCUT2D eigenvalue weighted by molar-refractivity contribution is 6.64. The van der Waals surface area contributed by atoms with Gasteiger partial charge in [0.25, 0.3) is 0 Å². The number of halogens is 3. The summed E-state index contributed by atoms with van der Waals surface area (Å²) in [4.78, 5) is 11.6. The van der Waals surface area contributed by atoms with Gasteiger partial charge in [-0.15, -0.1) is 0 Å². The Balaban J connectivity index is 2.78. The third-order valence-corrected chi connectivity index (χ3v) is 4.95. The molecular formula is C18H24BF3O3. The van der Waals surface area contributed by atoms with E-state index in [1.54, 1.807) is 20.8 Å². The van der Waals surface area contributed by atoms with Crippen LogP contribution in [0.15, 0.2) is 12.1 Å². The molecule has 0 saturated carbocycles. The summed E-state index contributed by atoms with van der Waals surface area (Å²) in [6.45, 7) is 12.3. The van der Waals surface area contributed by atoms with Crippen LogP contribution in [-0.4, -0.2) is 24.6 Å². The van der Waals surface area contributed by atoms with Crippen molar-refractivity contribution in [2.24, 2.45) is 0 Å². The minimum absolute atomic E-state index is 0.0306. The van der Waals surface area contributed by atoms with Crippen LogP contribution in [0.2, 0.25) is 0 Å². The second-order valence-electron chi connectivity index (χ2n) is 8.44. The fourth-order valence-corrected chi connectivity index (χ4v) is 3.00. The predicted octanol–water partition coefficient (Wildman–Crippen LogP) is 4.11. The molecule has 0 spiro atoms. The van der Waals surface area contributed by atoms with Crippen molar-refractivity contribution in [3.8, 4) is 0 Å². The van der Waals surface area contributed by atoms with Gasteiger partial charge in [0.15, 0.2) is 0 Å². The van der Waals surface area contributed by atoms with E-state index in [4.69, 9.17) is 9.31 Å². The average molecular weight is 356 g/mol. The van der Waals surface area contributed by atoms with Gasteiger partial charge < -0.3 is 9.31 Å². The summed E-state index contributed by atoms with van der Waals surface area (Å²) in [7, 11) is -1.04. The molecule has 1 aromatic rings. The normalized spacial score (nSPS) is 20.0. The van der Waals surface area contributed by atoms with Gasteiger partial charge in [-0.3, -0.25) is 4.79 Å². The van der Waals surface area contributed by atoms with E-state index < -0.39 is 35.5 Å². The first-order valence-electron chi connectivity index (χ1n) is 8.17. The maximum atomic E-state index is 13.6. The maximum absolute atomic E-state index is 13.6. The van der Waals surface area contributed by atoms with Gasteiger partial charge in [0.05, 0.1) is 16.8 Å². The van der Waals surface area contributed by atoms with Crippen LogP contribution in [0.4, 0.5) is 13.2 Å². The van der Waals surface area contributed by atoms with E-state index in [1.165, 1.54) is 6.07 Å². The molecule has 1 aliphatic rings. The highest BCUT2D eigenvalue weighted by Crippen LogP contribution is 2.41. The van der Waals surface area contributed by atoms with Crippen LogP contribution in [0, 0.1) is 0 Å². The molecule has 0 bridgehead atoms. The maximum Gasteiger partial charge on any atom is 0.495 e. The first-order chi connectivity index (χ1) is 11.1. The standard InChI is InChI=1S/C18H24BF3O3/c1-15(2,3)13-12(18(20,21)22)9-8-11(10-23)14(13)19-24-16(4,5)17(6,7)25-19/h8-10H,1-7H3. The van der Waals surface area contributed by atoms with Crippen molar-refractivity contribution in [2.75, 3.05) is 0 Å². The number of benzene rings is 1. The lowest BCUT2D eigenvalue weighted by molar-refractivity contribution is -0.138. The fraction of sp³-hybridized carbons (Fsp3) is 0.611. The van der Waals surface area contributed by atoms with Crippen LogP contribution in [0.3, 0.4) is 0 Å². The lowest BCUT2D eigenvalue weighted by Crippen LogP contribution is -2.43. The molecule has 1 saturated heterocycles. The van der Waals surface area contributed by atoms with E-state index in [-0.39, 0.29) is 16.6 Å². The van der Waals surface area contributed by atoms with Crippen LogP contribution in [-0.2, 0) is 20.9 Å². The number of aldehydes is 1. The lowest BCUT2D eigenvalue weighted by Gasteiger charge is -2.32. The molecule has 0 N–H and O–H groups in total. The van der Waals surface area contributed by atoms with Gasteiger partial charge in [-0.2, -0.15) is 13.2 Å². The van der Waals surface area contributed by atoms with Gasteiger partial charge in [0.1, 0.15) is 6.29 Å². The van der Waals surface area contributed by atoms with E-state index in [2.05, 4.69) is 0 Å². The Bertz CT molecular complexity index is 672. The van der Waals surface area contributed by atoms with Crippen LogP contribution >= 0.6 is 0 Å². The van der Waals surface area contributed by atoms with Crippen LogP contribution in [0.25, 0.3) is 0 Å². The molecule has 1 heterocycles. The number of carbonyl (C=O) groups is 1. The van der Waals surface area contributed by atoms with Crippen molar-refractivity contribution in [3.05, 3.63) is 28.8 Å².